The number of fused-ring (bicyclic) bond motifs is 1. The SMILES string of the molecule is Cn1c(=O)c2c(ncn2CCCN2CCCN(Cc3ccc([N+](=O)[O-])cc3)CC2)n(C)c1=O. The minimum Gasteiger partial charge on any atom is -0.325 e. The Hall–Kier alpha value is -3.31. The van der Waals surface area contributed by atoms with Gasteiger partial charge in [-0.1, -0.05) is 12.1 Å². The molecule has 3 aromatic rings. The van der Waals surface area contributed by atoms with Crippen LogP contribution in [-0.4, -0.2) is 66.1 Å². The van der Waals surface area contributed by atoms with Crippen LogP contribution in [0, 0.1) is 10.1 Å². The zero-order chi connectivity index (χ0) is 23.5. The van der Waals surface area contributed by atoms with Gasteiger partial charge in [-0.2, -0.15) is 0 Å². The fourth-order valence-electron chi connectivity index (χ4n) is 4.42. The summed E-state index contributed by atoms with van der Waals surface area (Å²) in [6.07, 6.45) is 3.57. The molecule has 0 amide bonds. The van der Waals surface area contributed by atoms with Crippen molar-refractivity contribution in [3.05, 3.63) is 67.1 Å². The lowest BCUT2D eigenvalue weighted by Gasteiger charge is -2.22. The summed E-state index contributed by atoms with van der Waals surface area (Å²) in [5.74, 6) is 0. The second-order valence-corrected chi connectivity index (χ2v) is 8.56. The normalized spacial score (nSPS) is 15.7. The molecule has 1 aliphatic rings. The Bertz CT molecular complexity index is 1260. The van der Waals surface area contributed by atoms with E-state index in [9.17, 15) is 19.7 Å². The zero-order valence-electron chi connectivity index (χ0n) is 19.0. The van der Waals surface area contributed by atoms with Gasteiger partial charge in [-0.15, -0.1) is 0 Å². The third-order valence-electron chi connectivity index (χ3n) is 6.33. The molecule has 0 radical (unpaired) electrons. The number of imidazole rings is 1. The van der Waals surface area contributed by atoms with Crippen LogP contribution in [0.5, 0.6) is 0 Å². The zero-order valence-corrected chi connectivity index (χ0v) is 19.0. The van der Waals surface area contributed by atoms with Crippen molar-refractivity contribution in [1.82, 2.24) is 28.5 Å². The van der Waals surface area contributed by atoms with Crippen molar-refractivity contribution >= 4 is 16.9 Å². The molecule has 1 aromatic carbocycles. The molecule has 33 heavy (non-hydrogen) atoms. The largest absolute Gasteiger partial charge is 0.332 e. The second kappa shape index (κ2) is 9.67. The van der Waals surface area contributed by atoms with E-state index in [1.165, 1.54) is 11.6 Å². The summed E-state index contributed by atoms with van der Waals surface area (Å²) in [5, 5.41) is 10.8. The van der Waals surface area contributed by atoms with E-state index in [1.807, 2.05) is 16.7 Å². The lowest BCUT2D eigenvalue weighted by Crippen LogP contribution is -2.37. The van der Waals surface area contributed by atoms with Gasteiger partial charge >= 0.3 is 5.69 Å². The van der Waals surface area contributed by atoms with E-state index in [0.717, 1.165) is 62.2 Å². The molecule has 11 heteroatoms. The quantitative estimate of drug-likeness (QED) is 0.385. The van der Waals surface area contributed by atoms with E-state index < -0.39 is 0 Å². The van der Waals surface area contributed by atoms with Gasteiger partial charge in [0.15, 0.2) is 11.2 Å². The average molecular weight is 456 g/mol. The van der Waals surface area contributed by atoms with E-state index in [0.29, 0.717) is 17.7 Å². The average Bonchev–Trinajstić information content (AvgIpc) is 3.10. The Morgan fingerprint density at radius 1 is 0.970 bits per heavy atom. The second-order valence-electron chi connectivity index (χ2n) is 8.56. The smallest absolute Gasteiger partial charge is 0.325 e. The van der Waals surface area contributed by atoms with Gasteiger partial charge in [0.05, 0.1) is 11.3 Å². The Balaban J connectivity index is 1.31. The van der Waals surface area contributed by atoms with Gasteiger partial charge in [0.25, 0.3) is 11.2 Å². The predicted octanol–water partition coefficient (Wildman–Crippen LogP) is 0.940. The summed E-state index contributed by atoms with van der Waals surface area (Å²) < 4.78 is 4.37. The molecule has 3 heterocycles. The summed E-state index contributed by atoms with van der Waals surface area (Å²) in [5.41, 5.74) is 1.39. The van der Waals surface area contributed by atoms with E-state index in [4.69, 9.17) is 0 Å². The fourth-order valence-corrected chi connectivity index (χ4v) is 4.42. The number of rotatable bonds is 7. The maximum absolute atomic E-state index is 12.6. The maximum Gasteiger partial charge on any atom is 0.332 e. The van der Waals surface area contributed by atoms with Crippen LogP contribution in [-0.2, 0) is 27.2 Å². The lowest BCUT2D eigenvalue weighted by atomic mass is 10.2. The van der Waals surface area contributed by atoms with E-state index in [2.05, 4.69) is 14.8 Å². The number of benzene rings is 1. The highest BCUT2D eigenvalue weighted by Gasteiger charge is 2.17. The molecule has 0 aliphatic carbocycles. The number of nitro groups is 1. The van der Waals surface area contributed by atoms with Crippen molar-refractivity contribution in [2.24, 2.45) is 14.1 Å². The Kier molecular flexibility index (Phi) is 6.70. The van der Waals surface area contributed by atoms with Crippen LogP contribution in [0.25, 0.3) is 11.2 Å². The van der Waals surface area contributed by atoms with Crippen LogP contribution >= 0.6 is 0 Å². The number of non-ortho nitro benzene ring substituents is 1. The number of hydrogen-bond donors (Lipinski definition) is 0. The van der Waals surface area contributed by atoms with Gasteiger partial charge in [-0.05, 0) is 38.0 Å². The Morgan fingerprint density at radius 3 is 2.39 bits per heavy atom. The molecule has 0 saturated carbocycles. The highest BCUT2D eigenvalue weighted by Crippen LogP contribution is 2.15. The lowest BCUT2D eigenvalue weighted by molar-refractivity contribution is -0.384. The van der Waals surface area contributed by atoms with Gasteiger partial charge < -0.3 is 9.47 Å². The van der Waals surface area contributed by atoms with Gasteiger partial charge in [0.2, 0.25) is 0 Å². The minimum absolute atomic E-state index is 0.117. The topological polar surface area (TPSA) is 111 Å². The maximum atomic E-state index is 12.6. The molecule has 11 nitrogen and oxygen atoms in total. The van der Waals surface area contributed by atoms with Crippen LogP contribution in [0.1, 0.15) is 18.4 Å². The third-order valence-corrected chi connectivity index (χ3v) is 6.33. The van der Waals surface area contributed by atoms with E-state index in [1.54, 1.807) is 25.5 Å². The monoisotopic (exact) mass is 455 g/mol. The van der Waals surface area contributed by atoms with E-state index >= 15 is 0 Å². The first-order valence-corrected chi connectivity index (χ1v) is 11.1. The van der Waals surface area contributed by atoms with Crippen LogP contribution in [0.4, 0.5) is 5.69 Å². The molecule has 1 aliphatic heterocycles. The molecular weight excluding hydrogens is 426 g/mol. The highest BCUT2D eigenvalue weighted by atomic mass is 16.6. The minimum atomic E-state index is -0.376. The Morgan fingerprint density at radius 2 is 1.67 bits per heavy atom. The molecule has 1 saturated heterocycles. The third kappa shape index (κ3) is 4.88. The van der Waals surface area contributed by atoms with Crippen molar-refractivity contribution in [2.45, 2.75) is 25.9 Å². The molecule has 1 fully saturated rings. The summed E-state index contributed by atoms with van der Waals surface area (Å²) in [6.45, 7) is 6.25. The molecule has 0 unspecified atom stereocenters. The number of aryl methyl sites for hydroxylation is 2. The number of nitro benzene ring substituents is 1. The molecule has 0 N–H and O–H groups in total. The first-order valence-electron chi connectivity index (χ1n) is 11.1. The molecule has 2 aromatic heterocycles. The van der Waals surface area contributed by atoms with Crippen LogP contribution in [0.3, 0.4) is 0 Å². The van der Waals surface area contributed by atoms with Gasteiger partial charge in [0.1, 0.15) is 0 Å². The van der Waals surface area contributed by atoms with Gasteiger partial charge in [-0.3, -0.25) is 28.9 Å². The molecule has 0 bridgehead atoms. The van der Waals surface area contributed by atoms with Gasteiger partial charge in [-0.25, -0.2) is 9.78 Å². The summed E-state index contributed by atoms with van der Waals surface area (Å²) >= 11 is 0. The first kappa shape index (κ1) is 22.9. The van der Waals surface area contributed by atoms with Crippen molar-refractivity contribution in [1.29, 1.82) is 0 Å². The number of nitrogens with zero attached hydrogens (tertiary/aromatic N) is 7. The molecular formula is C22H29N7O4. The van der Waals surface area contributed by atoms with Crippen molar-refractivity contribution in [2.75, 3.05) is 32.7 Å². The van der Waals surface area contributed by atoms with Crippen molar-refractivity contribution in [3.63, 3.8) is 0 Å². The highest BCUT2D eigenvalue weighted by molar-refractivity contribution is 5.69. The first-order chi connectivity index (χ1) is 15.8. The number of aromatic nitrogens is 4. The fraction of sp³-hybridized carbons (Fsp3) is 0.500. The standard InChI is InChI=1S/C22H29N7O4/c1-24-20-19(21(30)25(2)22(24)31)28(16-23-20)12-4-10-26-9-3-11-27(14-13-26)15-17-5-7-18(8-6-17)29(32)33/h5-8,16H,3-4,9-15H2,1-2H3. The van der Waals surface area contributed by atoms with Gasteiger partial charge in [0, 0.05) is 52.4 Å². The van der Waals surface area contributed by atoms with E-state index in [-0.39, 0.29) is 21.9 Å². The summed E-state index contributed by atoms with van der Waals surface area (Å²) in [7, 11) is 3.11. The number of hydrogen-bond acceptors (Lipinski definition) is 7. The van der Waals surface area contributed by atoms with Crippen LogP contribution in [0.15, 0.2) is 40.2 Å². The van der Waals surface area contributed by atoms with Crippen LogP contribution in [0.2, 0.25) is 0 Å². The molecule has 176 valence electrons. The summed E-state index contributed by atoms with van der Waals surface area (Å²) in [6, 6.07) is 6.78. The van der Waals surface area contributed by atoms with Crippen LogP contribution < -0.4 is 11.2 Å². The Labute approximate surface area is 190 Å². The summed E-state index contributed by atoms with van der Waals surface area (Å²) in [4.78, 5) is 44.2. The van der Waals surface area contributed by atoms with Crippen molar-refractivity contribution < 1.29 is 4.92 Å². The molecule has 0 atom stereocenters. The molecule has 0 spiro atoms. The van der Waals surface area contributed by atoms with Crippen molar-refractivity contribution in [3.8, 4) is 0 Å². The molecule has 4 rings (SSSR count). The predicted molar refractivity (Wildman–Crippen MR) is 124 cm³/mol.